The third-order valence-corrected chi connectivity index (χ3v) is 6.39. The first-order valence-electron chi connectivity index (χ1n) is 12.6. The van der Waals surface area contributed by atoms with Crippen LogP contribution < -0.4 is 15.5 Å². The molecule has 3 heterocycles. The third kappa shape index (κ3) is 7.45. The Hall–Kier alpha value is -3.12. The molecule has 2 aliphatic heterocycles. The van der Waals surface area contributed by atoms with Crippen LogP contribution in [0.3, 0.4) is 0 Å². The van der Waals surface area contributed by atoms with Crippen LogP contribution >= 0.6 is 0 Å². The van der Waals surface area contributed by atoms with Gasteiger partial charge in [0.25, 0.3) is 0 Å². The van der Waals surface area contributed by atoms with Crippen molar-refractivity contribution in [3.8, 4) is 0 Å². The van der Waals surface area contributed by atoms with Gasteiger partial charge in [-0.3, -0.25) is 4.79 Å². The summed E-state index contributed by atoms with van der Waals surface area (Å²) >= 11 is 0. The number of nitrogens with one attached hydrogen (secondary N) is 2. The van der Waals surface area contributed by atoms with Crippen LogP contribution in [0.2, 0.25) is 0 Å². The van der Waals surface area contributed by atoms with Crippen LogP contribution in [0.25, 0.3) is 0 Å². The molecule has 0 aliphatic carbocycles. The average molecular weight is 523 g/mol. The molecule has 2 aromatic rings. The Kier molecular flexibility index (Phi) is 9.04. The molecule has 1 aromatic heterocycles. The second kappa shape index (κ2) is 12.4. The van der Waals surface area contributed by atoms with Crippen molar-refractivity contribution in [3.63, 3.8) is 0 Å². The maximum absolute atomic E-state index is 13.6. The van der Waals surface area contributed by atoms with Crippen LogP contribution in [0, 0.1) is 0 Å². The molecule has 2 N–H and O–H groups in total. The third-order valence-electron chi connectivity index (χ3n) is 6.39. The van der Waals surface area contributed by atoms with E-state index in [0.717, 1.165) is 31.4 Å². The summed E-state index contributed by atoms with van der Waals surface area (Å²) in [7, 11) is 0. The van der Waals surface area contributed by atoms with Gasteiger partial charge in [0.05, 0.1) is 32.3 Å². The Bertz CT molecular complexity index is 1040. The lowest BCUT2D eigenvalue weighted by atomic mass is 10.2. The first-order valence-corrected chi connectivity index (χ1v) is 12.6. The van der Waals surface area contributed by atoms with Gasteiger partial charge >= 0.3 is 6.18 Å². The molecular weight excluding hydrogens is 489 g/mol. The standard InChI is InChI=1S/C25H33F3N6O3/c1-2-20-17-34(12-15-37-20)19-6-4-18(5-7-19)31-24-30-16-21(25(26,27)28)23(32-24)29-9-3-10-33-11-14-36-13-8-22(33)35/h4-7,16,20H,2-3,8-15,17H2,1H3,(H2,29,30,31,32). The van der Waals surface area contributed by atoms with E-state index in [1.807, 2.05) is 24.3 Å². The Morgan fingerprint density at radius 2 is 1.95 bits per heavy atom. The molecule has 2 aliphatic rings. The van der Waals surface area contributed by atoms with E-state index in [-0.39, 0.29) is 30.3 Å². The maximum atomic E-state index is 13.6. The molecule has 0 saturated carbocycles. The summed E-state index contributed by atoms with van der Waals surface area (Å²) in [6.45, 7) is 6.40. The number of carbonyl (C=O) groups is 1. The lowest BCUT2D eigenvalue weighted by molar-refractivity contribution is -0.137. The van der Waals surface area contributed by atoms with E-state index in [0.29, 0.717) is 51.4 Å². The lowest BCUT2D eigenvalue weighted by Crippen LogP contribution is -2.42. The van der Waals surface area contributed by atoms with Crippen LogP contribution in [0.15, 0.2) is 30.5 Å². The number of benzene rings is 1. The lowest BCUT2D eigenvalue weighted by Gasteiger charge is -2.34. The second-order valence-electron chi connectivity index (χ2n) is 9.00. The number of aromatic nitrogens is 2. The Balaban J connectivity index is 1.38. The summed E-state index contributed by atoms with van der Waals surface area (Å²) in [5.41, 5.74) is 0.777. The number of hydrogen-bond donors (Lipinski definition) is 2. The minimum atomic E-state index is -4.60. The zero-order chi connectivity index (χ0) is 26.3. The number of ether oxygens (including phenoxy) is 2. The fourth-order valence-corrected chi connectivity index (χ4v) is 4.30. The summed E-state index contributed by atoms with van der Waals surface area (Å²) < 4.78 is 51.7. The summed E-state index contributed by atoms with van der Waals surface area (Å²) in [6.07, 6.45) is -1.88. The molecule has 12 heteroatoms. The van der Waals surface area contributed by atoms with Crippen LogP contribution in [0.1, 0.15) is 31.7 Å². The fraction of sp³-hybridized carbons (Fsp3) is 0.560. The number of hydrogen-bond acceptors (Lipinski definition) is 8. The molecule has 9 nitrogen and oxygen atoms in total. The van der Waals surface area contributed by atoms with Crippen LogP contribution in [0.5, 0.6) is 0 Å². The number of alkyl halides is 3. The smallest absolute Gasteiger partial charge is 0.379 e. The van der Waals surface area contributed by atoms with Crippen molar-refractivity contribution in [2.45, 2.75) is 38.5 Å². The largest absolute Gasteiger partial charge is 0.421 e. The highest BCUT2D eigenvalue weighted by Crippen LogP contribution is 2.34. The predicted octanol–water partition coefficient (Wildman–Crippen LogP) is 3.91. The van der Waals surface area contributed by atoms with Crippen LogP contribution in [-0.4, -0.2) is 79.4 Å². The normalized spacial score (nSPS) is 19.0. The highest BCUT2D eigenvalue weighted by molar-refractivity contribution is 5.76. The first kappa shape index (κ1) is 26.9. The van der Waals surface area contributed by atoms with Gasteiger partial charge in [-0.1, -0.05) is 6.92 Å². The molecule has 1 aromatic carbocycles. The van der Waals surface area contributed by atoms with Gasteiger partial charge in [0, 0.05) is 50.3 Å². The quantitative estimate of drug-likeness (QED) is 0.479. The molecule has 2 saturated heterocycles. The molecule has 1 atom stereocenters. The Morgan fingerprint density at radius 3 is 2.70 bits per heavy atom. The second-order valence-corrected chi connectivity index (χ2v) is 9.00. The molecular formula is C25H33F3N6O3. The molecule has 202 valence electrons. The van der Waals surface area contributed by atoms with Crippen molar-refractivity contribution in [1.29, 1.82) is 0 Å². The molecule has 37 heavy (non-hydrogen) atoms. The highest BCUT2D eigenvalue weighted by Gasteiger charge is 2.35. The van der Waals surface area contributed by atoms with Crippen molar-refractivity contribution in [1.82, 2.24) is 14.9 Å². The van der Waals surface area contributed by atoms with E-state index in [1.54, 1.807) is 4.90 Å². The minimum Gasteiger partial charge on any atom is -0.379 e. The van der Waals surface area contributed by atoms with Crippen LogP contribution in [0.4, 0.5) is 36.3 Å². The van der Waals surface area contributed by atoms with E-state index < -0.39 is 11.7 Å². The monoisotopic (exact) mass is 522 g/mol. The average Bonchev–Trinajstić information content (AvgIpc) is 3.10. The van der Waals surface area contributed by atoms with Crippen molar-refractivity contribution in [3.05, 3.63) is 36.0 Å². The Morgan fingerprint density at radius 1 is 1.14 bits per heavy atom. The van der Waals surface area contributed by atoms with E-state index in [4.69, 9.17) is 9.47 Å². The number of morpholine rings is 1. The van der Waals surface area contributed by atoms with E-state index >= 15 is 0 Å². The van der Waals surface area contributed by atoms with Crippen LogP contribution in [-0.2, 0) is 20.4 Å². The molecule has 1 unspecified atom stereocenters. The zero-order valence-corrected chi connectivity index (χ0v) is 20.9. The number of anilines is 4. The van der Waals surface area contributed by atoms with Gasteiger partial charge in [-0.25, -0.2) is 4.98 Å². The van der Waals surface area contributed by atoms with Gasteiger partial charge in [0.15, 0.2) is 0 Å². The van der Waals surface area contributed by atoms with Gasteiger partial charge in [0.1, 0.15) is 11.4 Å². The molecule has 0 radical (unpaired) electrons. The van der Waals surface area contributed by atoms with Crippen molar-refractivity contribution in [2.75, 3.05) is 68.1 Å². The van der Waals surface area contributed by atoms with Gasteiger partial charge in [-0.2, -0.15) is 18.2 Å². The minimum absolute atomic E-state index is 0.00757. The topological polar surface area (TPSA) is 91.8 Å². The summed E-state index contributed by atoms with van der Waals surface area (Å²) in [6, 6.07) is 7.61. The van der Waals surface area contributed by atoms with Crippen molar-refractivity contribution < 1.29 is 27.4 Å². The summed E-state index contributed by atoms with van der Waals surface area (Å²) in [5.74, 6) is -0.251. The van der Waals surface area contributed by atoms with Crippen molar-refractivity contribution >= 4 is 29.0 Å². The van der Waals surface area contributed by atoms with E-state index in [9.17, 15) is 18.0 Å². The zero-order valence-electron chi connectivity index (χ0n) is 20.9. The molecule has 0 spiro atoms. The summed E-state index contributed by atoms with van der Waals surface area (Å²) in [5, 5.41) is 5.77. The number of nitrogens with zero attached hydrogens (tertiary/aromatic N) is 4. The van der Waals surface area contributed by atoms with Gasteiger partial charge in [-0.05, 0) is 37.1 Å². The first-order chi connectivity index (χ1) is 17.8. The SMILES string of the molecule is CCC1CN(c2ccc(Nc3ncc(C(F)(F)F)c(NCCCN4CCOCCC4=O)n3)cc2)CCO1. The molecule has 4 rings (SSSR count). The van der Waals surface area contributed by atoms with E-state index in [1.165, 1.54) is 0 Å². The van der Waals surface area contributed by atoms with E-state index in [2.05, 4.69) is 32.4 Å². The van der Waals surface area contributed by atoms with Gasteiger partial charge < -0.3 is 29.9 Å². The maximum Gasteiger partial charge on any atom is 0.421 e. The fourth-order valence-electron chi connectivity index (χ4n) is 4.30. The summed E-state index contributed by atoms with van der Waals surface area (Å²) in [4.78, 5) is 24.0. The van der Waals surface area contributed by atoms with Gasteiger partial charge in [0.2, 0.25) is 11.9 Å². The Labute approximate surface area is 214 Å². The highest BCUT2D eigenvalue weighted by atomic mass is 19.4. The molecule has 1 amide bonds. The predicted molar refractivity (Wildman–Crippen MR) is 134 cm³/mol. The molecule has 0 bridgehead atoms. The number of halogens is 3. The number of rotatable bonds is 9. The van der Waals surface area contributed by atoms with Gasteiger partial charge in [-0.15, -0.1) is 0 Å². The number of amides is 1. The molecule has 2 fully saturated rings. The van der Waals surface area contributed by atoms with Crippen molar-refractivity contribution in [2.24, 2.45) is 0 Å². The number of carbonyl (C=O) groups excluding carboxylic acids is 1.